The highest BCUT2D eigenvalue weighted by Crippen LogP contribution is 2.38. The summed E-state index contributed by atoms with van der Waals surface area (Å²) in [5.41, 5.74) is 1.03. The van der Waals surface area contributed by atoms with Crippen LogP contribution in [0.15, 0.2) is 16.5 Å². The van der Waals surface area contributed by atoms with Gasteiger partial charge in [0.25, 0.3) is 0 Å². The van der Waals surface area contributed by atoms with E-state index in [-0.39, 0.29) is 5.69 Å². The molecule has 160 valence electrons. The van der Waals surface area contributed by atoms with Crippen molar-refractivity contribution < 1.29 is 23.4 Å². The van der Waals surface area contributed by atoms with Crippen LogP contribution in [0.1, 0.15) is 17.1 Å². The second-order valence-corrected chi connectivity index (χ2v) is 6.51. The number of ether oxygens (including phenoxy) is 4. The van der Waals surface area contributed by atoms with Crippen molar-refractivity contribution in [1.82, 2.24) is 9.88 Å². The number of anilines is 1. The van der Waals surface area contributed by atoms with E-state index in [9.17, 15) is 5.26 Å². The third kappa shape index (κ3) is 5.23. The van der Waals surface area contributed by atoms with Gasteiger partial charge in [0.1, 0.15) is 6.07 Å². The van der Waals surface area contributed by atoms with Crippen LogP contribution in [0.3, 0.4) is 0 Å². The molecule has 1 fully saturated rings. The van der Waals surface area contributed by atoms with Crippen molar-refractivity contribution in [2.45, 2.75) is 0 Å². The summed E-state index contributed by atoms with van der Waals surface area (Å²) in [7, 11) is 4.68. The summed E-state index contributed by atoms with van der Waals surface area (Å²) in [5.74, 6) is 2.32. The molecule has 1 aromatic carbocycles. The lowest BCUT2D eigenvalue weighted by molar-refractivity contribution is 0.0398. The van der Waals surface area contributed by atoms with Crippen LogP contribution in [-0.4, -0.2) is 70.6 Å². The van der Waals surface area contributed by atoms with Gasteiger partial charge in [-0.1, -0.05) is 0 Å². The number of methoxy groups -OCH3 is 3. The summed E-state index contributed by atoms with van der Waals surface area (Å²) in [6.07, 6.45) is 3.49. The Morgan fingerprint density at radius 1 is 1.13 bits per heavy atom. The predicted octanol–water partition coefficient (Wildman–Crippen LogP) is 2.49. The van der Waals surface area contributed by atoms with Crippen molar-refractivity contribution in [3.05, 3.63) is 29.3 Å². The van der Waals surface area contributed by atoms with E-state index in [0.717, 1.165) is 38.4 Å². The zero-order valence-corrected chi connectivity index (χ0v) is 17.4. The van der Waals surface area contributed by atoms with Gasteiger partial charge in [0, 0.05) is 32.3 Å². The van der Waals surface area contributed by atoms with Crippen molar-refractivity contribution >= 4 is 18.0 Å². The minimum atomic E-state index is 0.224. The lowest BCUT2D eigenvalue weighted by Gasteiger charge is -2.26. The fourth-order valence-corrected chi connectivity index (χ4v) is 3.12. The molecule has 0 radical (unpaired) electrons. The van der Waals surface area contributed by atoms with Gasteiger partial charge in [0.15, 0.2) is 11.5 Å². The van der Waals surface area contributed by atoms with Gasteiger partial charge in [0.2, 0.25) is 23.2 Å². The highest BCUT2D eigenvalue weighted by atomic mass is 16.5. The predicted molar refractivity (Wildman–Crippen MR) is 112 cm³/mol. The molecule has 1 aromatic heterocycles. The Balaban J connectivity index is 1.69. The first-order valence-electron chi connectivity index (χ1n) is 9.61. The van der Waals surface area contributed by atoms with Crippen molar-refractivity contribution in [2.75, 3.05) is 66.0 Å². The molecule has 1 aliphatic heterocycles. The summed E-state index contributed by atoms with van der Waals surface area (Å²) in [4.78, 5) is 6.53. The molecule has 1 aliphatic rings. The normalized spacial score (nSPS) is 14.5. The first kappa shape index (κ1) is 21.5. The van der Waals surface area contributed by atoms with Crippen LogP contribution in [0.2, 0.25) is 0 Å². The van der Waals surface area contributed by atoms with Crippen LogP contribution in [0.5, 0.6) is 17.2 Å². The topological polar surface area (TPSA) is 102 Å². The molecule has 0 amide bonds. The molecule has 9 heteroatoms. The number of nitriles is 1. The van der Waals surface area contributed by atoms with Crippen molar-refractivity contribution in [1.29, 1.82) is 5.26 Å². The van der Waals surface area contributed by atoms with Crippen molar-refractivity contribution in [2.24, 2.45) is 0 Å². The summed E-state index contributed by atoms with van der Waals surface area (Å²) in [6, 6.07) is 5.69. The molecule has 1 saturated heterocycles. The molecule has 3 rings (SSSR count). The van der Waals surface area contributed by atoms with E-state index in [1.54, 1.807) is 33.5 Å². The van der Waals surface area contributed by atoms with Crippen LogP contribution in [0.4, 0.5) is 5.88 Å². The Morgan fingerprint density at radius 2 is 1.83 bits per heavy atom. The Hall–Kier alpha value is -3.22. The average Bonchev–Trinajstić information content (AvgIpc) is 3.19. The van der Waals surface area contributed by atoms with Gasteiger partial charge < -0.3 is 28.7 Å². The largest absolute Gasteiger partial charge is 0.493 e. The molecule has 2 aromatic rings. The van der Waals surface area contributed by atoms with Crippen LogP contribution in [-0.2, 0) is 4.74 Å². The molecule has 0 bridgehead atoms. The van der Waals surface area contributed by atoms with Crippen LogP contribution >= 0.6 is 0 Å². The van der Waals surface area contributed by atoms with E-state index in [4.69, 9.17) is 23.4 Å². The number of morpholine rings is 1. The van der Waals surface area contributed by atoms with Crippen LogP contribution in [0, 0.1) is 11.3 Å². The zero-order valence-electron chi connectivity index (χ0n) is 17.4. The third-order valence-electron chi connectivity index (χ3n) is 4.67. The van der Waals surface area contributed by atoms with Crippen LogP contribution in [0.25, 0.3) is 12.2 Å². The third-order valence-corrected chi connectivity index (χ3v) is 4.67. The maximum atomic E-state index is 9.35. The SMILES string of the molecule is COc1cc(/C=C/c2nc(C#N)c(NCCN3CCOCC3)o2)cc(OC)c1OC. The second kappa shape index (κ2) is 10.5. The Morgan fingerprint density at radius 3 is 2.43 bits per heavy atom. The smallest absolute Gasteiger partial charge is 0.232 e. The number of oxazole rings is 1. The number of nitrogens with zero attached hydrogens (tertiary/aromatic N) is 3. The first-order valence-corrected chi connectivity index (χ1v) is 9.61. The van der Waals surface area contributed by atoms with E-state index in [1.807, 2.05) is 12.1 Å². The molecule has 9 nitrogen and oxygen atoms in total. The standard InChI is InChI=1S/C21H26N4O5/c1-26-17-12-15(13-18(27-2)20(17)28-3)4-5-19-24-16(14-22)21(30-19)23-6-7-25-8-10-29-11-9-25/h4-5,12-13,23H,6-11H2,1-3H3/b5-4+. The number of hydrogen-bond acceptors (Lipinski definition) is 9. The molecule has 0 aliphatic carbocycles. The van der Waals surface area contributed by atoms with Gasteiger partial charge in [0.05, 0.1) is 34.5 Å². The Kier molecular flexibility index (Phi) is 7.54. The molecule has 30 heavy (non-hydrogen) atoms. The van der Waals surface area contributed by atoms with Crippen molar-refractivity contribution in [3.63, 3.8) is 0 Å². The Bertz CT molecular complexity index is 888. The van der Waals surface area contributed by atoms with E-state index in [1.165, 1.54) is 0 Å². The number of nitrogens with one attached hydrogen (secondary N) is 1. The number of hydrogen-bond donors (Lipinski definition) is 1. The maximum Gasteiger partial charge on any atom is 0.232 e. The minimum absolute atomic E-state index is 0.224. The molecule has 1 N–H and O–H groups in total. The van der Waals surface area contributed by atoms with Gasteiger partial charge in [-0.3, -0.25) is 4.90 Å². The van der Waals surface area contributed by atoms with Gasteiger partial charge in [-0.05, 0) is 23.8 Å². The summed E-state index contributed by atoms with van der Waals surface area (Å²) in [5, 5.41) is 12.5. The fraction of sp³-hybridized carbons (Fsp3) is 0.429. The Labute approximate surface area is 175 Å². The minimum Gasteiger partial charge on any atom is -0.493 e. The molecule has 2 heterocycles. The van der Waals surface area contributed by atoms with Crippen LogP contribution < -0.4 is 19.5 Å². The van der Waals surface area contributed by atoms with E-state index < -0.39 is 0 Å². The van der Waals surface area contributed by atoms with Gasteiger partial charge in [-0.2, -0.15) is 10.2 Å². The van der Waals surface area contributed by atoms with Crippen molar-refractivity contribution in [3.8, 4) is 23.3 Å². The zero-order chi connectivity index (χ0) is 21.3. The lowest BCUT2D eigenvalue weighted by Crippen LogP contribution is -2.39. The van der Waals surface area contributed by atoms with E-state index in [2.05, 4.69) is 21.3 Å². The van der Waals surface area contributed by atoms with Gasteiger partial charge in [-0.25, -0.2) is 0 Å². The molecular weight excluding hydrogens is 388 g/mol. The second-order valence-electron chi connectivity index (χ2n) is 6.51. The van der Waals surface area contributed by atoms with Gasteiger partial charge >= 0.3 is 0 Å². The lowest BCUT2D eigenvalue weighted by atomic mass is 10.1. The highest BCUT2D eigenvalue weighted by Gasteiger charge is 2.14. The number of rotatable bonds is 9. The summed E-state index contributed by atoms with van der Waals surface area (Å²) >= 11 is 0. The molecule has 0 atom stereocenters. The number of benzene rings is 1. The molecule has 0 unspecified atom stereocenters. The van der Waals surface area contributed by atoms with E-state index in [0.29, 0.717) is 35.6 Å². The monoisotopic (exact) mass is 414 g/mol. The van der Waals surface area contributed by atoms with E-state index >= 15 is 0 Å². The maximum absolute atomic E-state index is 9.35. The quantitative estimate of drug-likeness (QED) is 0.663. The first-order chi connectivity index (χ1) is 14.7. The average molecular weight is 414 g/mol. The summed E-state index contributed by atoms with van der Waals surface area (Å²) < 4.78 is 27.1. The number of aromatic nitrogens is 1. The molecule has 0 saturated carbocycles. The van der Waals surface area contributed by atoms with Gasteiger partial charge in [-0.15, -0.1) is 0 Å². The fourth-order valence-electron chi connectivity index (χ4n) is 3.12. The molecule has 0 spiro atoms. The summed E-state index contributed by atoms with van der Waals surface area (Å²) in [6.45, 7) is 4.81. The highest BCUT2D eigenvalue weighted by molar-refractivity contribution is 5.71. The molecular formula is C21H26N4O5.